The highest BCUT2D eigenvalue weighted by Crippen LogP contribution is 2.27. The molecule has 30 heavy (non-hydrogen) atoms. The smallest absolute Gasteiger partial charge is 0.262 e. The summed E-state index contributed by atoms with van der Waals surface area (Å²) in [5.41, 5.74) is 1.37. The van der Waals surface area contributed by atoms with Gasteiger partial charge in [0.25, 0.3) is 11.8 Å². The molecule has 2 amide bonds. The molecule has 2 N–H and O–H groups in total. The molecule has 0 aliphatic rings. The Balaban J connectivity index is 1.54. The van der Waals surface area contributed by atoms with Crippen molar-refractivity contribution < 1.29 is 14.3 Å². The highest BCUT2D eigenvalue weighted by atomic mass is 35.5. The SMILES string of the molecule is O=C(COc1ccc(Cl)cc1Cl)Nc1ccc(NC(=O)c2ccc(Cl)cc2Cl)cc1. The van der Waals surface area contributed by atoms with Gasteiger partial charge in [-0.3, -0.25) is 9.59 Å². The Labute approximate surface area is 192 Å². The van der Waals surface area contributed by atoms with Gasteiger partial charge in [0.2, 0.25) is 0 Å². The first kappa shape index (κ1) is 22.2. The van der Waals surface area contributed by atoms with Crippen LogP contribution in [0.5, 0.6) is 5.75 Å². The number of anilines is 2. The maximum atomic E-state index is 12.3. The lowest BCUT2D eigenvalue weighted by molar-refractivity contribution is -0.118. The summed E-state index contributed by atoms with van der Waals surface area (Å²) < 4.78 is 5.39. The maximum Gasteiger partial charge on any atom is 0.262 e. The molecule has 0 heterocycles. The molecule has 0 fully saturated rings. The van der Waals surface area contributed by atoms with Crippen LogP contribution in [0.3, 0.4) is 0 Å². The molecule has 0 aromatic heterocycles. The van der Waals surface area contributed by atoms with Crippen molar-refractivity contribution in [2.45, 2.75) is 0 Å². The monoisotopic (exact) mass is 482 g/mol. The number of carbonyl (C=O) groups excluding carboxylic acids is 2. The van der Waals surface area contributed by atoms with Crippen LogP contribution in [0.1, 0.15) is 10.4 Å². The van der Waals surface area contributed by atoms with E-state index >= 15 is 0 Å². The third-order valence-electron chi connectivity index (χ3n) is 3.85. The van der Waals surface area contributed by atoms with Gasteiger partial charge in [-0.15, -0.1) is 0 Å². The van der Waals surface area contributed by atoms with Crippen LogP contribution >= 0.6 is 46.4 Å². The summed E-state index contributed by atoms with van der Waals surface area (Å²) >= 11 is 23.7. The van der Waals surface area contributed by atoms with Crippen LogP contribution in [0.2, 0.25) is 20.1 Å². The molecule has 0 atom stereocenters. The zero-order valence-electron chi connectivity index (χ0n) is 15.2. The number of carbonyl (C=O) groups is 2. The quantitative estimate of drug-likeness (QED) is 0.416. The molecule has 154 valence electrons. The Morgan fingerprint density at radius 2 is 1.30 bits per heavy atom. The van der Waals surface area contributed by atoms with Gasteiger partial charge in [-0.25, -0.2) is 0 Å². The van der Waals surface area contributed by atoms with Crippen molar-refractivity contribution in [3.63, 3.8) is 0 Å². The Hall–Kier alpha value is -2.44. The van der Waals surface area contributed by atoms with Gasteiger partial charge in [-0.05, 0) is 60.7 Å². The van der Waals surface area contributed by atoms with E-state index in [2.05, 4.69) is 10.6 Å². The van der Waals surface area contributed by atoms with Gasteiger partial charge < -0.3 is 15.4 Å². The number of halogens is 4. The molecule has 0 bridgehead atoms. The van der Waals surface area contributed by atoms with E-state index in [0.717, 1.165) is 0 Å². The molecule has 0 unspecified atom stereocenters. The summed E-state index contributed by atoms with van der Waals surface area (Å²) in [7, 11) is 0. The van der Waals surface area contributed by atoms with Crippen molar-refractivity contribution in [3.05, 3.63) is 86.3 Å². The van der Waals surface area contributed by atoms with Gasteiger partial charge in [0.15, 0.2) is 6.61 Å². The van der Waals surface area contributed by atoms with E-state index in [1.165, 1.54) is 12.1 Å². The average Bonchev–Trinajstić information content (AvgIpc) is 2.68. The number of hydrogen-bond donors (Lipinski definition) is 2. The normalized spacial score (nSPS) is 10.4. The largest absolute Gasteiger partial charge is 0.482 e. The molecular weight excluding hydrogens is 470 g/mol. The minimum atomic E-state index is -0.373. The standard InChI is InChI=1S/C21H14Cl4N2O3/c22-12-1-7-16(17(24)9-12)21(29)27-15-5-3-14(4-6-15)26-20(28)11-30-19-8-2-13(23)10-18(19)25/h1-10H,11H2,(H,26,28)(H,27,29). The molecule has 3 aromatic carbocycles. The number of rotatable bonds is 6. The fourth-order valence-corrected chi connectivity index (χ4v) is 3.40. The Morgan fingerprint density at radius 3 is 1.90 bits per heavy atom. The number of ether oxygens (including phenoxy) is 1. The zero-order chi connectivity index (χ0) is 21.7. The first-order valence-electron chi connectivity index (χ1n) is 8.56. The van der Waals surface area contributed by atoms with Crippen molar-refractivity contribution in [2.75, 3.05) is 17.2 Å². The van der Waals surface area contributed by atoms with Gasteiger partial charge in [0, 0.05) is 21.4 Å². The molecule has 0 aliphatic heterocycles. The number of amides is 2. The van der Waals surface area contributed by atoms with E-state index < -0.39 is 0 Å². The summed E-state index contributed by atoms with van der Waals surface area (Å²) in [6.45, 7) is -0.227. The Kier molecular flexibility index (Phi) is 7.45. The minimum absolute atomic E-state index is 0.227. The van der Waals surface area contributed by atoms with Crippen LogP contribution < -0.4 is 15.4 Å². The number of nitrogens with one attached hydrogen (secondary N) is 2. The molecule has 3 aromatic rings. The van der Waals surface area contributed by atoms with Gasteiger partial charge in [0.05, 0.1) is 15.6 Å². The van der Waals surface area contributed by atoms with Crippen molar-refractivity contribution in [1.29, 1.82) is 0 Å². The third-order valence-corrected chi connectivity index (χ3v) is 4.93. The van der Waals surface area contributed by atoms with Crippen LogP contribution in [-0.2, 0) is 4.79 Å². The van der Waals surface area contributed by atoms with Crippen molar-refractivity contribution in [2.24, 2.45) is 0 Å². The lowest BCUT2D eigenvalue weighted by atomic mass is 10.2. The highest BCUT2D eigenvalue weighted by molar-refractivity contribution is 6.37. The minimum Gasteiger partial charge on any atom is -0.482 e. The average molecular weight is 484 g/mol. The first-order chi connectivity index (χ1) is 14.3. The second kappa shape index (κ2) is 10.0. The van der Waals surface area contributed by atoms with E-state index in [0.29, 0.717) is 37.8 Å². The Bertz CT molecular complexity index is 1090. The van der Waals surface area contributed by atoms with Gasteiger partial charge in [0.1, 0.15) is 5.75 Å². The summed E-state index contributed by atoms with van der Waals surface area (Å²) in [5, 5.41) is 6.90. The molecule has 3 rings (SSSR count). The number of benzene rings is 3. The molecule has 0 aliphatic carbocycles. The lowest BCUT2D eigenvalue weighted by Gasteiger charge is -2.10. The van der Waals surface area contributed by atoms with E-state index in [-0.39, 0.29) is 23.4 Å². The van der Waals surface area contributed by atoms with Crippen LogP contribution in [0, 0.1) is 0 Å². The first-order valence-corrected chi connectivity index (χ1v) is 10.1. The van der Waals surface area contributed by atoms with Crippen LogP contribution in [0.15, 0.2) is 60.7 Å². The Morgan fingerprint density at radius 1 is 0.733 bits per heavy atom. The predicted molar refractivity (Wildman–Crippen MR) is 121 cm³/mol. The van der Waals surface area contributed by atoms with Crippen LogP contribution in [0.4, 0.5) is 11.4 Å². The fourth-order valence-electron chi connectivity index (χ4n) is 2.44. The molecule has 0 spiro atoms. The lowest BCUT2D eigenvalue weighted by Crippen LogP contribution is -2.20. The van der Waals surface area contributed by atoms with Crippen molar-refractivity contribution >= 4 is 69.6 Å². The van der Waals surface area contributed by atoms with E-state index in [1.54, 1.807) is 48.5 Å². The molecule has 9 heteroatoms. The van der Waals surface area contributed by atoms with Crippen LogP contribution in [0.25, 0.3) is 0 Å². The third kappa shape index (κ3) is 6.03. The van der Waals surface area contributed by atoms with E-state index in [9.17, 15) is 9.59 Å². The molecule has 0 saturated carbocycles. The summed E-state index contributed by atoms with van der Waals surface area (Å²) in [4.78, 5) is 24.4. The topological polar surface area (TPSA) is 67.4 Å². The predicted octanol–water partition coefficient (Wildman–Crippen LogP) is 6.57. The fraction of sp³-hybridized carbons (Fsp3) is 0.0476. The van der Waals surface area contributed by atoms with Gasteiger partial charge in [-0.2, -0.15) is 0 Å². The van der Waals surface area contributed by atoms with Crippen molar-refractivity contribution in [1.82, 2.24) is 0 Å². The summed E-state index contributed by atoms with van der Waals surface area (Å²) in [6.07, 6.45) is 0. The van der Waals surface area contributed by atoms with E-state index in [4.69, 9.17) is 51.1 Å². The second-order valence-corrected chi connectivity index (χ2v) is 7.75. The van der Waals surface area contributed by atoms with E-state index in [1.807, 2.05) is 0 Å². The molecule has 0 saturated heterocycles. The second-order valence-electron chi connectivity index (χ2n) is 6.07. The van der Waals surface area contributed by atoms with Gasteiger partial charge >= 0.3 is 0 Å². The van der Waals surface area contributed by atoms with Gasteiger partial charge in [-0.1, -0.05) is 46.4 Å². The maximum absolute atomic E-state index is 12.3. The van der Waals surface area contributed by atoms with Crippen molar-refractivity contribution in [3.8, 4) is 5.75 Å². The highest BCUT2D eigenvalue weighted by Gasteiger charge is 2.11. The summed E-state index contributed by atoms with van der Waals surface area (Å²) in [5.74, 6) is -0.386. The van der Waals surface area contributed by atoms with Crippen LogP contribution in [-0.4, -0.2) is 18.4 Å². The number of hydrogen-bond acceptors (Lipinski definition) is 3. The molecule has 5 nitrogen and oxygen atoms in total. The zero-order valence-corrected chi connectivity index (χ0v) is 18.2. The molecular formula is C21H14Cl4N2O3. The molecule has 0 radical (unpaired) electrons. The summed E-state index contributed by atoms with van der Waals surface area (Å²) in [6, 6.07) is 15.9.